The Morgan fingerprint density at radius 2 is 1.03 bits per heavy atom. The third-order valence-corrected chi connectivity index (χ3v) is 5.21. The summed E-state index contributed by atoms with van der Waals surface area (Å²) >= 11 is 0. The Balaban J connectivity index is 3.29. The van der Waals surface area contributed by atoms with Crippen molar-refractivity contribution in [3.8, 4) is 0 Å². The Hall–Kier alpha value is -1.10. The molecule has 0 heterocycles. The van der Waals surface area contributed by atoms with E-state index in [0.717, 1.165) is 12.8 Å². The van der Waals surface area contributed by atoms with Crippen LogP contribution < -0.4 is 0 Å². The van der Waals surface area contributed by atoms with Gasteiger partial charge in [0.05, 0.1) is 6.61 Å². The number of unbranched alkanes of at least 4 members (excludes halogenated alkanes) is 15. The standard InChI is InChI=1S/C24H46O5/c1-4-5-6-7-8-9-10-11-12-13-14-15-16-17-18-19-20-28-24(27)22(3)29-23(26)21(2)25/h21-22,25H,4-20H2,1-3H3. The second-order valence-electron chi connectivity index (χ2n) is 8.23. The maximum Gasteiger partial charge on any atom is 0.347 e. The van der Waals surface area contributed by atoms with Crippen LogP contribution in [0.25, 0.3) is 0 Å². The minimum atomic E-state index is -1.23. The Kier molecular flexibility index (Phi) is 19.4. The molecule has 2 unspecified atom stereocenters. The van der Waals surface area contributed by atoms with Crippen molar-refractivity contribution in [2.24, 2.45) is 0 Å². The van der Waals surface area contributed by atoms with Crippen LogP contribution in [0, 0.1) is 0 Å². The highest BCUT2D eigenvalue weighted by atomic mass is 16.6. The van der Waals surface area contributed by atoms with Crippen LogP contribution in [0.3, 0.4) is 0 Å². The van der Waals surface area contributed by atoms with Crippen LogP contribution in [0.5, 0.6) is 0 Å². The van der Waals surface area contributed by atoms with Crippen LogP contribution in [-0.4, -0.2) is 35.9 Å². The molecule has 0 bridgehead atoms. The molecule has 5 nitrogen and oxygen atoms in total. The average molecular weight is 415 g/mol. The largest absolute Gasteiger partial charge is 0.463 e. The Labute approximate surface area is 178 Å². The van der Waals surface area contributed by atoms with E-state index in [-0.39, 0.29) is 0 Å². The fourth-order valence-corrected chi connectivity index (χ4v) is 3.26. The molecule has 0 rings (SSSR count). The molecule has 2 atom stereocenters. The van der Waals surface area contributed by atoms with Gasteiger partial charge in [-0.25, -0.2) is 9.59 Å². The summed E-state index contributed by atoms with van der Waals surface area (Å²) in [6, 6.07) is 0. The summed E-state index contributed by atoms with van der Waals surface area (Å²) in [5.74, 6) is -1.36. The molecule has 0 amide bonds. The van der Waals surface area contributed by atoms with Crippen molar-refractivity contribution in [3.05, 3.63) is 0 Å². The second-order valence-corrected chi connectivity index (χ2v) is 8.23. The van der Waals surface area contributed by atoms with E-state index in [1.54, 1.807) is 0 Å². The van der Waals surface area contributed by atoms with Crippen LogP contribution in [0.2, 0.25) is 0 Å². The van der Waals surface area contributed by atoms with Gasteiger partial charge in [0.2, 0.25) is 0 Å². The number of carbonyl (C=O) groups excluding carboxylic acids is 2. The Bertz CT molecular complexity index is 395. The van der Waals surface area contributed by atoms with Crippen LogP contribution in [0.4, 0.5) is 0 Å². The minimum absolute atomic E-state index is 0.355. The summed E-state index contributed by atoms with van der Waals surface area (Å²) in [5.41, 5.74) is 0. The lowest BCUT2D eigenvalue weighted by atomic mass is 10.0. The highest BCUT2D eigenvalue weighted by Crippen LogP contribution is 2.13. The zero-order valence-electron chi connectivity index (χ0n) is 19.3. The maximum atomic E-state index is 11.7. The highest BCUT2D eigenvalue weighted by Gasteiger charge is 2.21. The maximum absolute atomic E-state index is 11.7. The van der Waals surface area contributed by atoms with Crippen molar-refractivity contribution in [3.63, 3.8) is 0 Å². The van der Waals surface area contributed by atoms with Crippen LogP contribution in [0.1, 0.15) is 124 Å². The predicted octanol–water partition coefficient (Wildman–Crippen LogP) is 6.10. The van der Waals surface area contributed by atoms with Gasteiger partial charge in [-0.3, -0.25) is 0 Å². The lowest BCUT2D eigenvalue weighted by molar-refractivity contribution is -0.171. The van der Waals surface area contributed by atoms with Gasteiger partial charge in [-0.2, -0.15) is 0 Å². The molecule has 0 spiro atoms. The first-order chi connectivity index (χ1) is 14.0. The summed E-state index contributed by atoms with van der Waals surface area (Å²) in [6.45, 7) is 5.38. The first-order valence-corrected chi connectivity index (χ1v) is 12.0. The molecular formula is C24H46O5. The molecule has 0 aliphatic rings. The normalized spacial score (nSPS) is 13.1. The zero-order chi connectivity index (χ0) is 21.7. The van der Waals surface area contributed by atoms with E-state index in [2.05, 4.69) is 6.92 Å². The first kappa shape index (κ1) is 27.9. The van der Waals surface area contributed by atoms with Crippen LogP contribution >= 0.6 is 0 Å². The monoisotopic (exact) mass is 414 g/mol. The quantitative estimate of drug-likeness (QED) is 0.192. The van der Waals surface area contributed by atoms with Gasteiger partial charge >= 0.3 is 11.9 Å². The molecule has 0 fully saturated rings. The molecule has 0 saturated heterocycles. The van der Waals surface area contributed by atoms with Crippen molar-refractivity contribution < 1.29 is 24.2 Å². The van der Waals surface area contributed by atoms with E-state index in [9.17, 15) is 9.59 Å². The fourth-order valence-electron chi connectivity index (χ4n) is 3.26. The molecule has 172 valence electrons. The number of hydrogen-bond acceptors (Lipinski definition) is 5. The Morgan fingerprint density at radius 3 is 1.41 bits per heavy atom. The number of aliphatic hydroxyl groups excluding tert-OH is 1. The summed E-state index contributed by atoms with van der Waals surface area (Å²) < 4.78 is 9.90. The topological polar surface area (TPSA) is 72.8 Å². The minimum Gasteiger partial charge on any atom is -0.463 e. The molecule has 1 N–H and O–H groups in total. The number of ether oxygens (including phenoxy) is 2. The highest BCUT2D eigenvalue weighted by molar-refractivity contribution is 5.80. The number of esters is 2. The SMILES string of the molecule is CCCCCCCCCCCCCCCCCCOC(=O)C(C)OC(=O)C(C)O. The average Bonchev–Trinajstić information content (AvgIpc) is 2.69. The third kappa shape index (κ3) is 18.7. The van der Waals surface area contributed by atoms with Gasteiger partial charge in [0.25, 0.3) is 0 Å². The van der Waals surface area contributed by atoms with Crippen LogP contribution in [0.15, 0.2) is 0 Å². The van der Waals surface area contributed by atoms with Gasteiger partial charge < -0.3 is 14.6 Å². The molecule has 0 radical (unpaired) electrons. The van der Waals surface area contributed by atoms with Gasteiger partial charge in [0.1, 0.15) is 6.10 Å². The molecule has 0 aromatic heterocycles. The van der Waals surface area contributed by atoms with E-state index in [4.69, 9.17) is 14.6 Å². The molecule has 0 aliphatic heterocycles. The fraction of sp³-hybridized carbons (Fsp3) is 0.917. The van der Waals surface area contributed by atoms with E-state index in [0.29, 0.717) is 6.61 Å². The Morgan fingerprint density at radius 1 is 0.655 bits per heavy atom. The number of hydrogen-bond donors (Lipinski definition) is 1. The predicted molar refractivity (Wildman–Crippen MR) is 118 cm³/mol. The summed E-state index contributed by atoms with van der Waals surface area (Å²) in [4.78, 5) is 22.9. The smallest absolute Gasteiger partial charge is 0.347 e. The number of carbonyl (C=O) groups is 2. The number of aliphatic hydroxyl groups is 1. The lowest BCUT2D eigenvalue weighted by Gasteiger charge is -2.13. The summed E-state index contributed by atoms with van der Waals surface area (Å²) in [7, 11) is 0. The van der Waals surface area contributed by atoms with Gasteiger partial charge in [-0.1, -0.05) is 103 Å². The molecule has 0 saturated carbocycles. The molecular weight excluding hydrogens is 368 g/mol. The summed E-state index contributed by atoms with van der Waals surface area (Å²) in [6.07, 6.45) is 18.6. The lowest BCUT2D eigenvalue weighted by Crippen LogP contribution is -2.30. The van der Waals surface area contributed by atoms with Crippen molar-refractivity contribution in [1.82, 2.24) is 0 Å². The molecule has 0 aliphatic carbocycles. The third-order valence-electron chi connectivity index (χ3n) is 5.21. The van der Waals surface area contributed by atoms with Gasteiger partial charge in [0.15, 0.2) is 6.10 Å². The summed E-state index contributed by atoms with van der Waals surface area (Å²) in [5, 5.41) is 9.06. The molecule has 0 aromatic carbocycles. The van der Waals surface area contributed by atoms with E-state index < -0.39 is 24.1 Å². The van der Waals surface area contributed by atoms with Crippen molar-refractivity contribution in [2.45, 2.75) is 136 Å². The molecule has 5 heteroatoms. The van der Waals surface area contributed by atoms with E-state index in [1.165, 1.54) is 104 Å². The van der Waals surface area contributed by atoms with Gasteiger partial charge in [-0.05, 0) is 20.3 Å². The van der Waals surface area contributed by atoms with Gasteiger partial charge in [-0.15, -0.1) is 0 Å². The second kappa shape index (κ2) is 20.2. The van der Waals surface area contributed by atoms with Crippen molar-refractivity contribution in [2.75, 3.05) is 6.61 Å². The first-order valence-electron chi connectivity index (χ1n) is 12.0. The van der Waals surface area contributed by atoms with Crippen molar-refractivity contribution in [1.29, 1.82) is 0 Å². The van der Waals surface area contributed by atoms with E-state index in [1.807, 2.05) is 0 Å². The zero-order valence-corrected chi connectivity index (χ0v) is 19.3. The number of rotatable bonds is 20. The van der Waals surface area contributed by atoms with E-state index >= 15 is 0 Å². The molecule has 0 aromatic rings. The van der Waals surface area contributed by atoms with Gasteiger partial charge in [0, 0.05) is 0 Å². The molecule has 29 heavy (non-hydrogen) atoms. The van der Waals surface area contributed by atoms with Crippen molar-refractivity contribution >= 4 is 11.9 Å². The van der Waals surface area contributed by atoms with Crippen LogP contribution in [-0.2, 0) is 19.1 Å².